The molecule has 0 saturated carbocycles. The van der Waals surface area contributed by atoms with E-state index in [1.54, 1.807) is 41.3 Å². The molecule has 0 radical (unpaired) electrons. The summed E-state index contributed by atoms with van der Waals surface area (Å²) < 4.78 is 3.06. The highest BCUT2D eigenvalue weighted by atomic mass is 16.2. The van der Waals surface area contributed by atoms with E-state index >= 15 is 0 Å². The third-order valence-electron chi connectivity index (χ3n) is 5.28. The highest BCUT2D eigenvalue weighted by Gasteiger charge is 2.35. The maximum Gasteiger partial charge on any atom is 0.261 e. The molecule has 0 bridgehead atoms. The molecule has 0 aliphatic carbocycles. The SMILES string of the molecule is Cc1ccc(Cn2cc(C#N)c(-n3cc(CN4C(=O)c5ccccc5C4=O)nn3)n2)cc1. The number of nitriles is 1. The first-order valence-electron chi connectivity index (χ1n) is 9.93. The van der Waals surface area contributed by atoms with Crippen LogP contribution in [0.15, 0.2) is 60.9 Å². The van der Waals surface area contributed by atoms with Crippen LogP contribution in [0.3, 0.4) is 0 Å². The molecule has 0 N–H and O–H groups in total. The number of carbonyl (C=O) groups is 2. The number of carbonyl (C=O) groups excluding carboxylic acids is 2. The van der Waals surface area contributed by atoms with Gasteiger partial charge in [-0.3, -0.25) is 19.2 Å². The minimum atomic E-state index is -0.361. The van der Waals surface area contributed by atoms with Crippen molar-refractivity contribution in [3.8, 4) is 11.9 Å². The van der Waals surface area contributed by atoms with E-state index in [1.807, 2.05) is 31.2 Å². The lowest BCUT2D eigenvalue weighted by Gasteiger charge is -2.10. The molecule has 9 nitrogen and oxygen atoms in total. The lowest BCUT2D eigenvalue weighted by atomic mass is 10.1. The zero-order valence-electron chi connectivity index (χ0n) is 17.1. The van der Waals surface area contributed by atoms with E-state index in [-0.39, 0.29) is 18.4 Å². The fourth-order valence-electron chi connectivity index (χ4n) is 3.64. The van der Waals surface area contributed by atoms with Gasteiger partial charge >= 0.3 is 0 Å². The van der Waals surface area contributed by atoms with Gasteiger partial charge in [-0.2, -0.15) is 15.0 Å². The standard InChI is InChI=1S/C23H17N7O2/c1-15-6-8-16(9-7-15)11-28-12-17(10-24)21(26-28)30-14-18(25-27-30)13-29-22(31)19-4-2-3-5-20(19)23(29)32/h2-9,12,14H,11,13H2,1H3. The van der Waals surface area contributed by atoms with E-state index in [0.29, 0.717) is 34.7 Å². The van der Waals surface area contributed by atoms with E-state index in [4.69, 9.17) is 0 Å². The Balaban J connectivity index is 1.37. The quantitative estimate of drug-likeness (QED) is 0.456. The van der Waals surface area contributed by atoms with Crippen LogP contribution in [0.1, 0.15) is 43.1 Å². The van der Waals surface area contributed by atoms with Gasteiger partial charge in [0.25, 0.3) is 11.8 Å². The Hall–Kier alpha value is -4.58. The zero-order chi connectivity index (χ0) is 22.2. The first-order chi connectivity index (χ1) is 15.5. The molecule has 4 aromatic rings. The number of benzene rings is 2. The minimum absolute atomic E-state index is 0.0156. The summed E-state index contributed by atoms with van der Waals surface area (Å²) in [4.78, 5) is 26.3. The molecule has 0 saturated heterocycles. The predicted octanol–water partition coefficient (Wildman–Crippen LogP) is 2.49. The van der Waals surface area contributed by atoms with Crippen molar-refractivity contribution in [3.63, 3.8) is 0 Å². The highest BCUT2D eigenvalue weighted by molar-refractivity contribution is 6.21. The molecule has 1 aliphatic heterocycles. The molecule has 32 heavy (non-hydrogen) atoms. The molecular formula is C23H17N7O2. The van der Waals surface area contributed by atoms with Crippen LogP contribution in [-0.2, 0) is 13.1 Å². The van der Waals surface area contributed by atoms with Gasteiger partial charge in [0.05, 0.1) is 30.4 Å². The summed E-state index contributed by atoms with van der Waals surface area (Å²) in [6.45, 7) is 2.51. The van der Waals surface area contributed by atoms with Crippen LogP contribution < -0.4 is 0 Å². The number of fused-ring (bicyclic) bond motifs is 1. The Morgan fingerprint density at radius 1 is 0.938 bits per heavy atom. The molecular weight excluding hydrogens is 406 g/mol. The number of amides is 2. The van der Waals surface area contributed by atoms with Gasteiger partial charge in [0.2, 0.25) is 0 Å². The fourth-order valence-corrected chi connectivity index (χ4v) is 3.64. The normalized spacial score (nSPS) is 12.8. The van der Waals surface area contributed by atoms with Gasteiger partial charge in [0.1, 0.15) is 17.3 Å². The van der Waals surface area contributed by atoms with Crippen LogP contribution >= 0.6 is 0 Å². The van der Waals surface area contributed by atoms with Crippen LogP contribution in [0.2, 0.25) is 0 Å². The van der Waals surface area contributed by atoms with Crippen molar-refractivity contribution < 1.29 is 9.59 Å². The minimum Gasteiger partial charge on any atom is -0.269 e. The molecule has 0 unspecified atom stereocenters. The summed E-state index contributed by atoms with van der Waals surface area (Å²) in [6, 6.07) is 16.9. The van der Waals surface area contributed by atoms with Crippen molar-refractivity contribution in [1.29, 1.82) is 5.26 Å². The van der Waals surface area contributed by atoms with E-state index in [2.05, 4.69) is 21.5 Å². The summed E-state index contributed by atoms with van der Waals surface area (Å²) in [5.74, 6) is -0.388. The topological polar surface area (TPSA) is 110 Å². The third kappa shape index (κ3) is 3.33. The Morgan fingerprint density at radius 3 is 2.28 bits per heavy atom. The van der Waals surface area contributed by atoms with Crippen molar-refractivity contribution in [2.24, 2.45) is 0 Å². The molecule has 2 aromatic heterocycles. The van der Waals surface area contributed by atoms with E-state index in [9.17, 15) is 14.9 Å². The van der Waals surface area contributed by atoms with Crippen LogP contribution in [-0.4, -0.2) is 41.5 Å². The van der Waals surface area contributed by atoms with Crippen molar-refractivity contribution in [2.75, 3.05) is 0 Å². The average Bonchev–Trinajstić information content (AvgIpc) is 3.49. The van der Waals surface area contributed by atoms with Gasteiger partial charge in [-0.1, -0.05) is 47.2 Å². The predicted molar refractivity (Wildman–Crippen MR) is 113 cm³/mol. The number of aromatic nitrogens is 5. The van der Waals surface area contributed by atoms with Crippen LogP contribution in [0.25, 0.3) is 5.82 Å². The molecule has 0 atom stereocenters. The molecule has 5 rings (SSSR count). The van der Waals surface area contributed by atoms with Crippen LogP contribution in [0, 0.1) is 18.3 Å². The Bertz CT molecular complexity index is 1360. The van der Waals surface area contributed by atoms with Gasteiger partial charge in [-0.15, -0.1) is 5.10 Å². The number of hydrogen-bond donors (Lipinski definition) is 0. The molecule has 9 heteroatoms. The maximum atomic E-state index is 12.6. The first-order valence-corrected chi connectivity index (χ1v) is 9.93. The monoisotopic (exact) mass is 423 g/mol. The third-order valence-corrected chi connectivity index (χ3v) is 5.28. The van der Waals surface area contributed by atoms with Gasteiger partial charge in [0, 0.05) is 6.20 Å². The lowest BCUT2D eigenvalue weighted by Crippen LogP contribution is -2.29. The Labute approximate surface area is 183 Å². The van der Waals surface area contributed by atoms with E-state index in [0.717, 1.165) is 10.5 Å². The van der Waals surface area contributed by atoms with Crippen molar-refractivity contribution in [2.45, 2.75) is 20.0 Å². The average molecular weight is 423 g/mol. The molecule has 0 fully saturated rings. The number of hydrogen-bond acceptors (Lipinski definition) is 6. The second kappa shape index (κ2) is 7.59. The summed E-state index contributed by atoms with van der Waals surface area (Å²) in [7, 11) is 0. The van der Waals surface area contributed by atoms with Gasteiger partial charge in [0.15, 0.2) is 5.82 Å². The molecule has 156 valence electrons. The van der Waals surface area contributed by atoms with Gasteiger partial charge in [-0.05, 0) is 24.6 Å². The number of rotatable bonds is 5. The number of nitrogens with zero attached hydrogens (tertiary/aromatic N) is 7. The molecule has 2 amide bonds. The Morgan fingerprint density at radius 2 is 1.62 bits per heavy atom. The van der Waals surface area contributed by atoms with E-state index in [1.165, 1.54) is 10.2 Å². The van der Waals surface area contributed by atoms with Gasteiger partial charge in [-0.25, -0.2) is 0 Å². The van der Waals surface area contributed by atoms with Crippen LogP contribution in [0.5, 0.6) is 0 Å². The van der Waals surface area contributed by atoms with Crippen molar-refractivity contribution >= 4 is 11.8 Å². The van der Waals surface area contributed by atoms with Gasteiger partial charge < -0.3 is 0 Å². The largest absolute Gasteiger partial charge is 0.269 e. The molecule has 1 aliphatic rings. The second-order valence-corrected chi connectivity index (χ2v) is 7.56. The van der Waals surface area contributed by atoms with E-state index < -0.39 is 0 Å². The second-order valence-electron chi connectivity index (χ2n) is 7.56. The van der Waals surface area contributed by atoms with Crippen molar-refractivity contribution in [1.82, 2.24) is 29.7 Å². The number of imide groups is 1. The summed E-state index contributed by atoms with van der Waals surface area (Å²) in [6.07, 6.45) is 3.23. The summed E-state index contributed by atoms with van der Waals surface area (Å²) in [5.41, 5.74) is 3.74. The molecule has 3 heterocycles. The first kappa shape index (κ1) is 19.4. The Kier molecular flexibility index (Phi) is 4.60. The fraction of sp³-hybridized carbons (Fsp3) is 0.130. The van der Waals surface area contributed by atoms with Crippen LogP contribution in [0.4, 0.5) is 0 Å². The number of aryl methyl sites for hydroxylation is 1. The lowest BCUT2D eigenvalue weighted by molar-refractivity contribution is 0.0640. The summed E-state index contributed by atoms with van der Waals surface area (Å²) in [5, 5.41) is 22.2. The molecule has 0 spiro atoms. The van der Waals surface area contributed by atoms with Crippen molar-refractivity contribution in [3.05, 3.63) is 94.4 Å². The highest BCUT2D eigenvalue weighted by Crippen LogP contribution is 2.24. The molecule has 2 aromatic carbocycles. The summed E-state index contributed by atoms with van der Waals surface area (Å²) >= 11 is 0. The maximum absolute atomic E-state index is 12.6. The smallest absolute Gasteiger partial charge is 0.261 e. The zero-order valence-corrected chi connectivity index (χ0v) is 17.1.